The van der Waals surface area contributed by atoms with E-state index in [2.05, 4.69) is 32.0 Å². The predicted octanol–water partition coefficient (Wildman–Crippen LogP) is 2.65. The van der Waals surface area contributed by atoms with E-state index >= 15 is 0 Å². The molecule has 0 bridgehead atoms. The Morgan fingerprint density at radius 1 is 1.47 bits per heavy atom. The Balaban J connectivity index is 2.30. The molecule has 0 saturated carbocycles. The molecule has 1 aromatic carbocycles. The number of fused-ring (bicyclic) bond motifs is 1. The van der Waals surface area contributed by atoms with E-state index in [4.69, 9.17) is 5.11 Å². The van der Waals surface area contributed by atoms with Crippen molar-refractivity contribution in [2.45, 2.75) is 32.6 Å². The number of aliphatic carboxylic acids is 1. The summed E-state index contributed by atoms with van der Waals surface area (Å²) in [5.74, 6) is -0.235. The van der Waals surface area contributed by atoms with Crippen molar-refractivity contribution in [3.05, 3.63) is 29.3 Å². The number of hydrogen-bond donors (Lipinski definition) is 1. The molecular weight excluding hydrogens is 214 g/mol. The van der Waals surface area contributed by atoms with Gasteiger partial charge in [0.25, 0.3) is 0 Å². The summed E-state index contributed by atoms with van der Waals surface area (Å²) in [4.78, 5) is 12.8. The van der Waals surface area contributed by atoms with E-state index in [1.807, 2.05) is 4.90 Å². The lowest BCUT2D eigenvalue weighted by atomic mass is 9.95. The van der Waals surface area contributed by atoms with E-state index in [9.17, 15) is 4.79 Å². The fraction of sp³-hybridized carbons (Fsp3) is 0.500. The number of benzene rings is 1. The molecule has 0 atom stereocenters. The molecule has 0 saturated heterocycles. The number of anilines is 1. The van der Waals surface area contributed by atoms with Crippen molar-refractivity contribution in [2.24, 2.45) is 0 Å². The fourth-order valence-electron chi connectivity index (χ4n) is 2.38. The predicted molar refractivity (Wildman–Crippen MR) is 68.7 cm³/mol. The monoisotopic (exact) mass is 233 g/mol. The Morgan fingerprint density at radius 3 is 2.88 bits per heavy atom. The highest BCUT2D eigenvalue weighted by atomic mass is 16.4. The third kappa shape index (κ3) is 2.60. The maximum absolute atomic E-state index is 10.8. The minimum absolute atomic E-state index is 0.105. The molecule has 3 heteroatoms. The largest absolute Gasteiger partial charge is 0.480 e. The second-order valence-electron chi connectivity index (χ2n) is 4.96. The quantitative estimate of drug-likeness (QED) is 0.872. The van der Waals surface area contributed by atoms with Crippen molar-refractivity contribution >= 4 is 11.7 Å². The zero-order valence-electron chi connectivity index (χ0n) is 10.4. The molecule has 3 nitrogen and oxygen atoms in total. The number of carbonyl (C=O) groups is 1. The highest BCUT2D eigenvalue weighted by Gasteiger charge is 2.19. The van der Waals surface area contributed by atoms with Gasteiger partial charge in [-0.15, -0.1) is 0 Å². The van der Waals surface area contributed by atoms with Gasteiger partial charge in [0.2, 0.25) is 0 Å². The van der Waals surface area contributed by atoms with Crippen molar-refractivity contribution in [3.63, 3.8) is 0 Å². The summed E-state index contributed by atoms with van der Waals surface area (Å²) in [5, 5.41) is 8.89. The zero-order valence-corrected chi connectivity index (χ0v) is 10.4. The summed E-state index contributed by atoms with van der Waals surface area (Å²) in [5.41, 5.74) is 3.73. The highest BCUT2D eigenvalue weighted by Crippen LogP contribution is 2.29. The molecular formula is C14H19NO2. The zero-order chi connectivity index (χ0) is 12.4. The number of hydrogen-bond acceptors (Lipinski definition) is 2. The van der Waals surface area contributed by atoms with Crippen LogP contribution in [0.1, 0.15) is 37.3 Å². The van der Waals surface area contributed by atoms with Gasteiger partial charge in [0, 0.05) is 12.2 Å². The normalized spacial score (nSPS) is 14.9. The molecule has 1 aromatic rings. The molecule has 1 aliphatic heterocycles. The summed E-state index contributed by atoms with van der Waals surface area (Å²) in [6, 6.07) is 6.42. The van der Waals surface area contributed by atoms with Crippen molar-refractivity contribution < 1.29 is 9.90 Å². The third-order valence-electron chi connectivity index (χ3n) is 3.31. The Kier molecular flexibility index (Phi) is 3.36. The van der Waals surface area contributed by atoms with Crippen molar-refractivity contribution in [2.75, 3.05) is 18.0 Å². The van der Waals surface area contributed by atoms with Crippen LogP contribution in [-0.2, 0) is 11.2 Å². The number of aryl methyl sites for hydroxylation is 1. The van der Waals surface area contributed by atoms with Gasteiger partial charge in [-0.25, -0.2) is 0 Å². The van der Waals surface area contributed by atoms with Gasteiger partial charge in [-0.1, -0.05) is 26.0 Å². The molecule has 1 N–H and O–H groups in total. The van der Waals surface area contributed by atoms with Gasteiger partial charge in [-0.2, -0.15) is 0 Å². The molecule has 1 heterocycles. The van der Waals surface area contributed by atoms with E-state index < -0.39 is 5.97 Å². The Labute approximate surface area is 102 Å². The van der Waals surface area contributed by atoms with Crippen molar-refractivity contribution in [1.29, 1.82) is 0 Å². The summed E-state index contributed by atoms with van der Waals surface area (Å²) < 4.78 is 0. The van der Waals surface area contributed by atoms with Crippen LogP contribution in [0.4, 0.5) is 5.69 Å². The smallest absolute Gasteiger partial charge is 0.323 e. The molecule has 1 aliphatic rings. The summed E-state index contributed by atoms with van der Waals surface area (Å²) in [7, 11) is 0. The second-order valence-corrected chi connectivity index (χ2v) is 4.96. The van der Waals surface area contributed by atoms with Gasteiger partial charge < -0.3 is 10.0 Å². The van der Waals surface area contributed by atoms with Gasteiger partial charge in [-0.05, 0) is 36.0 Å². The van der Waals surface area contributed by atoms with Crippen LogP contribution in [0.15, 0.2) is 18.2 Å². The average Bonchev–Trinajstić information content (AvgIpc) is 2.28. The van der Waals surface area contributed by atoms with Crippen LogP contribution < -0.4 is 4.90 Å². The summed E-state index contributed by atoms with van der Waals surface area (Å²) in [6.07, 6.45) is 2.11. The van der Waals surface area contributed by atoms with E-state index in [1.54, 1.807) is 0 Å². The van der Waals surface area contributed by atoms with Crippen LogP contribution in [-0.4, -0.2) is 24.2 Å². The summed E-state index contributed by atoms with van der Waals surface area (Å²) in [6.45, 7) is 5.31. The van der Waals surface area contributed by atoms with Crippen LogP contribution in [0.2, 0.25) is 0 Å². The van der Waals surface area contributed by atoms with Crippen LogP contribution in [0, 0.1) is 0 Å². The van der Waals surface area contributed by atoms with E-state index in [1.165, 1.54) is 11.1 Å². The average molecular weight is 233 g/mol. The van der Waals surface area contributed by atoms with Gasteiger partial charge in [0.15, 0.2) is 0 Å². The number of nitrogens with zero attached hydrogens (tertiary/aromatic N) is 1. The standard InChI is InChI=1S/C14H19NO2/c1-10(2)11-5-6-13-12(8-11)4-3-7-15(13)9-14(16)17/h5-6,8,10H,3-4,7,9H2,1-2H3,(H,16,17). The van der Waals surface area contributed by atoms with Crippen LogP contribution in [0.25, 0.3) is 0 Å². The van der Waals surface area contributed by atoms with Crippen LogP contribution in [0.5, 0.6) is 0 Å². The topological polar surface area (TPSA) is 40.5 Å². The SMILES string of the molecule is CC(C)c1ccc2c(c1)CCCN2CC(=O)O. The second kappa shape index (κ2) is 4.78. The molecule has 0 unspecified atom stereocenters. The Morgan fingerprint density at radius 2 is 2.24 bits per heavy atom. The minimum Gasteiger partial charge on any atom is -0.480 e. The lowest BCUT2D eigenvalue weighted by Crippen LogP contribution is -2.34. The number of carboxylic acids is 1. The molecule has 0 amide bonds. The minimum atomic E-state index is -0.759. The molecule has 2 rings (SSSR count). The van der Waals surface area contributed by atoms with Gasteiger partial charge >= 0.3 is 5.97 Å². The maximum Gasteiger partial charge on any atom is 0.323 e. The van der Waals surface area contributed by atoms with Crippen molar-refractivity contribution in [3.8, 4) is 0 Å². The first-order valence-electron chi connectivity index (χ1n) is 6.17. The first-order valence-corrected chi connectivity index (χ1v) is 6.17. The van der Waals surface area contributed by atoms with Crippen molar-refractivity contribution in [1.82, 2.24) is 0 Å². The first-order chi connectivity index (χ1) is 8.08. The van der Waals surface area contributed by atoms with Gasteiger partial charge in [0.05, 0.1) is 0 Å². The molecule has 0 spiro atoms. The molecule has 0 fully saturated rings. The lowest BCUT2D eigenvalue weighted by Gasteiger charge is -2.30. The van der Waals surface area contributed by atoms with E-state index in [0.717, 1.165) is 25.1 Å². The highest BCUT2D eigenvalue weighted by molar-refractivity contribution is 5.75. The van der Waals surface area contributed by atoms with Crippen LogP contribution >= 0.6 is 0 Å². The van der Waals surface area contributed by atoms with E-state index in [-0.39, 0.29) is 6.54 Å². The Hall–Kier alpha value is -1.51. The third-order valence-corrected chi connectivity index (χ3v) is 3.31. The van der Waals surface area contributed by atoms with E-state index in [0.29, 0.717) is 5.92 Å². The van der Waals surface area contributed by atoms with Gasteiger partial charge in [-0.3, -0.25) is 4.79 Å². The Bertz CT molecular complexity index is 426. The lowest BCUT2D eigenvalue weighted by molar-refractivity contribution is -0.135. The molecule has 0 aliphatic carbocycles. The fourth-order valence-corrected chi connectivity index (χ4v) is 2.38. The van der Waals surface area contributed by atoms with Gasteiger partial charge in [0.1, 0.15) is 6.54 Å². The maximum atomic E-state index is 10.8. The van der Waals surface area contributed by atoms with Crippen LogP contribution in [0.3, 0.4) is 0 Å². The molecule has 0 radical (unpaired) electrons. The number of rotatable bonds is 3. The number of carboxylic acid groups (broad SMARTS) is 1. The molecule has 92 valence electrons. The molecule has 0 aromatic heterocycles. The first kappa shape index (κ1) is 12.0. The molecule has 17 heavy (non-hydrogen) atoms. The summed E-state index contributed by atoms with van der Waals surface area (Å²) >= 11 is 0.